The largest absolute Gasteiger partial charge is 0.455 e. The number of hydrogen-bond donors (Lipinski definition) is 1. The van der Waals surface area contributed by atoms with Crippen LogP contribution in [0.4, 0.5) is 0 Å². The molecule has 2 fully saturated rings. The fourth-order valence-corrected chi connectivity index (χ4v) is 5.45. The van der Waals surface area contributed by atoms with Crippen molar-refractivity contribution in [3.8, 4) is 11.5 Å². The van der Waals surface area contributed by atoms with Crippen LogP contribution in [0.25, 0.3) is 0 Å². The Balaban J connectivity index is 1.16. The van der Waals surface area contributed by atoms with E-state index in [-0.39, 0.29) is 12.5 Å². The number of carbonyl (C=O) groups excluding carboxylic acids is 1. The van der Waals surface area contributed by atoms with Crippen LogP contribution >= 0.6 is 11.6 Å². The fourth-order valence-electron chi connectivity index (χ4n) is 5.33. The van der Waals surface area contributed by atoms with Gasteiger partial charge in [-0.1, -0.05) is 49.1 Å². The van der Waals surface area contributed by atoms with Crippen LogP contribution in [0, 0.1) is 0 Å². The fraction of sp³-hybridized carbons (Fsp3) is 0.400. The van der Waals surface area contributed by atoms with Crippen molar-refractivity contribution in [2.24, 2.45) is 0 Å². The minimum Gasteiger partial charge on any atom is -0.455 e. The molecule has 1 N–H and O–H groups in total. The molecule has 6 nitrogen and oxygen atoms in total. The summed E-state index contributed by atoms with van der Waals surface area (Å²) < 4.78 is 6.04. The van der Waals surface area contributed by atoms with E-state index in [1.165, 1.54) is 43.2 Å². The SMILES string of the molecule is O=C(c1ccc(Oc2ccc(C3CCCCC3)cc2CO)cn1)N1CCN(Cc2ccc(Cl)cc2)CC1. The summed E-state index contributed by atoms with van der Waals surface area (Å²) in [5, 5.41) is 10.7. The number of pyridine rings is 1. The van der Waals surface area contributed by atoms with E-state index < -0.39 is 0 Å². The summed E-state index contributed by atoms with van der Waals surface area (Å²) in [5.74, 6) is 1.68. The maximum atomic E-state index is 13.0. The van der Waals surface area contributed by atoms with Crippen LogP contribution < -0.4 is 4.74 Å². The normalized spacial score (nSPS) is 17.1. The van der Waals surface area contributed by atoms with E-state index in [2.05, 4.69) is 22.0 Å². The summed E-state index contributed by atoms with van der Waals surface area (Å²) in [4.78, 5) is 21.6. The lowest BCUT2D eigenvalue weighted by molar-refractivity contribution is 0.0622. The zero-order valence-electron chi connectivity index (χ0n) is 21.1. The second kappa shape index (κ2) is 12.1. The molecule has 2 heterocycles. The molecule has 2 aliphatic rings. The van der Waals surface area contributed by atoms with Crippen LogP contribution in [0.3, 0.4) is 0 Å². The third-order valence-electron chi connectivity index (χ3n) is 7.49. The third-order valence-corrected chi connectivity index (χ3v) is 7.75. The number of aromatic nitrogens is 1. The van der Waals surface area contributed by atoms with Gasteiger partial charge in [0.25, 0.3) is 5.91 Å². The molecule has 37 heavy (non-hydrogen) atoms. The van der Waals surface area contributed by atoms with E-state index in [1.54, 1.807) is 18.3 Å². The lowest BCUT2D eigenvalue weighted by atomic mass is 9.83. The highest BCUT2D eigenvalue weighted by Crippen LogP contribution is 2.35. The Labute approximate surface area is 223 Å². The Morgan fingerprint density at radius 3 is 2.41 bits per heavy atom. The average Bonchev–Trinajstić information content (AvgIpc) is 2.95. The molecule has 0 spiro atoms. The Morgan fingerprint density at radius 1 is 0.973 bits per heavy atom. The molecular formula is C30H34ClN3O3. The van der Waals surface area contributed by atoms with Gasteiger partial charge in [-0.2, -0.15) is 0 Å². The summed E-state index contributed by atoms with van der Waals surface area (Å²) in [7, 11) is 0. The number of aliphatic hydroxyl groups excluding tert-OH is 1. The summed E-state index contributed by atoms with van der Waals surface area (Å²) in [6.45, 7) is 3.73. The number of piperazine rings is 1. The van der Waals surface area contributed by atoms with Crippen molar-refractivity contribution >= 4 is 17.5 Å². The molecule has 194 valence electrons. The van der Waals surface area contributed by atoms with Gasteiger partial charge in [0.15, 0.2) is 0 Å². The van der Waals surface area contributed by atoms with Crippen molar-refractivity contribution in [2.75, 3.05) is 26.2 Å². The van der Waals surface area contributed by atoms with Crippen LogP contribution in [-0.4, -0.2) is 52.0 Å². The topological polar surface area (TPSA) is 65.9 Å². The van der Waals surface area contributed by atoms with Gasteiger partial charge in [-0.3, -0.25) is 9.69 Å². The van der Waals surface area contributed by atoms with Crippen molar-refractivity contribution in [1.29, 1.82) is 0 Å². The highest BCUT2D eigenvalue weighted by molar-refractivity contribution is 6.30. The quantitative estimate of drug-likeness (QED) is 0.413. The molecule has 7 heteroatoms. The first-order valence-electron chi connectivity index (χ1n) is 13.2. The Kier molecular flexibility index (Phi) is 8.39. The number of nitrogens with zero attached hydrogens (tertiary/aromatic N) is 3. The molecule has 1 aliphatic carbocycles. The van der Waals surface area contributed by atoms with Crippen molar-refractivity contribution in [1.82, 2.24) is 14.8 Å². The number of carbonyl (C=O) groups is 1. The average molecular weight is 520 g/mol. The van der Waals surface area contributed by atoms with Crippen LogP contribution in [0.2, 0.25) is 5.02 Å². The summed E-state index contributed by atoms with van der Waals surface area (Å²) in [6.07, 6.45) is 7.86. The van der Waals surface area contributed by atoms with E-state index in [1.807, 2.05) is 35.2 Å². The standard InChI is InChI=1S/C30H34ClN3O3/c31-26-9-6-22(7-10-26)20-33-14-16-34(17-15-33)30(36)28-12-11-27(19-32-28)37-29-13-8-24(18-25(29)21-35)23-4-2-1-3-5-23/h6-13,18-19,23,35H,1-5,14-17,20-21H2. The maximum Gasteiger partial charge on any atom is 0.272 e. The lowest BCUT2D eigenvalue weighted by Crippen LogP contribution is -2.48. The van der Waals surface area contributed by atoms with Gasteiger partial charge < -0.3 is 14.7 Å². The molecule has 1 saturated heterocycles. The molecule has 0 unspecified atom stereocenters. The minimum atomic E-state index is -0.0795. The molecule has 5 rings (SSSR count). The molecule has 0 bridgehead atoms. The van der Waals surface area contributed by atoms with E-state index >= 15 is 0 Å². The molecule has 1 amide bonds. The maximum absolute atomic E-state index is 13.0. The number of amides is 1. The van der Waals surface area contributed by atoms with Gasteiger partial charge in [-0.25, -0.2) is 4.98 Å². The van der Waals surface area contributed by atoms with Crippen LogP contribution in [0.1, 0.15) is 65.2 Å². The van der Waals surface area contributed by atoms with Crippen LogP contribution in [0.15, 0.2) is 60.8 Å². The Bertz CT molecular complexity index is 1190. The molecule has 2 aromatic carbocycles. The molecule has 0 atom stereocenters. The van der Waals surface area contributed by atoms with Gasteiger partial charge >= 0.3 is 0 Å². The van der Waals surface area contributed by atoms with Crippen LogP contribution in [-0.2, 0) is 13.2 Å². The minimum absolute atomic E-state index is 0.0643. The number of aliphatic hydroxyl groups is 1. The first kappa shape index (κ1) is 25.7. The van der Waals surface area contributed by atoms with Gasteiger partial charge in [0, 0.05) is 43.3 Å². The first-order chi connectivity index (χ1) is 18.1. The summed E-state index contributed by atoms with van der Waals surface area (Å²) >= 11 is 5.98. The number of benzene rings is 2. The monoisotopic (exact) mass is 519 g/mol. The van der Waals surface area contributed by atoms with E-state index in [9.17, 15) is 9.90 Å². The van der Waals surface area contributed by atoms with E-state index in [0.717, 1.165) is 30.2 Å². The highest BCUT2D eigenvalue weighted by Gasteiger charge is 2.23. The van der Waals surface area contributed by atoms with Crippen molar-refractivity contribution in [3.63, 3.8) is 0 Å². The van der Waals surface area contributed by atoms with Gasteiger partial charge in [0.1, 0.15) is 17.2 Å². The highest BCUT2D eigenvalue weighted by atomic mass is 35.5. The molecule has 1 aliphatic heterocycles. The van der Waals surface area contributed by atoms with Crippen LogP contribution in [0.5, 0.6) is 11.5 Å². The van der Waals surface area contributed by atoms with Gasteiger partial charge in [0.05, 0.1) is 12.8 Å². The number of hydrogen-bond acceptors (Lipinski definition) is 5. The van der Waals surface area contributed by atoms with Gasteiger partial charge in [0.2, 0.25) is 0 Å². The van der Waals surface area contributed by atoms with E-state index in [0.29, 0.717) is 36.2 Å². The van der Waals surface area contributed by atoms with Crippen molar-refractivity contribution in [2.45, 2.75) is 51.2 Å². The smallest absolute Gasteiger partial charge is 0.272 e. The van der Waals surface area contributed by atoms with Crippen molar-refractivity contribution < 1.29 is 14.6 Å². The zero-order chi connectivity index (χ0) is 25.6. The lowest BCUT2D eigenvalue weighted by Gasteiger charge is -2.34. The molecule has 3 aromatic rings. The van der Waals surface area contributed by atoms with E-state index in [4.69, 9.17) is 16.3 Å². The number of halogens is 1. The van der Waals surface area contributed by atoms with Crippen molar-refractivity contribution in [3.05, 3.63) is 88.2 Å². The summed E-state index contributed by atoms with van der Waals surface area (Å²) in [6, 6.07) is 17.5. The molecule has 0 radical (unpaired) electrons. The third kappa shape index (κ3) is 6.50. The Morgan fingerprint density at radius 2 is 1.73 bits per heavy atom. The summed E-state index contributed by atoms with van der Waals surface area (Å²) in [5.41, 5.74) is 3.69. The molecule has 1 saturated carbocycles. The predicted molar refractivity (Wildman–Crippen MR) is 145 cm³/mol. The zero-order valence-corrected chi connectivity index (χ0v) is 21.9. The predicted octanol–water partition coefficient (Wildman–Crippen LogP) is 6.03. The number of ether oxygens (including phenoxy) is 1. The second-order valence-corrected chi connectivity index (χ2v) is 10.5. The molecule has 1 aromatic heterocycles. The second-order valence-electron chi connectivity index (χ2n) is 10.0. The Hall–Kier alpha value is -2.93. The first-order valence-corrected chi connectivity index (χ1v) is 13.6. The van der Waals surface area contributed by atoms with Gasteiger partial charge in [-0.05, 0) is 66.3 Å². The molecular weight excluding hydrogens is 486 g/mol. The number of rotatable bonds is 7. The van der Waals surface area contributed by atoms with Gasteiger partial charge in [-0.15, -0.1) is 0 Å².